The Labute approximate surface area is 90.9 Å². The van der Waals surface area contributed by atoms with Crippen molar-refractivity contribution in [2.45, 2.75) is 6.92 Å². The lowest BCUT2D eigenvalue weighted by Crippen LogP contribution is -2.30. The van der Waals surface area contributed by atoms with Crippen LogP contribution in [0.2, 0.25) is 5.02 Å². The van der Waals surface area contributed by atoms with E-state index < -0.39 is 0 Å². The van der Waals surface area contributed by atoms with Gasteiger partial charge in [-0.15, -0.1) is 0 Å². The van der Waals surface area contributed by atoms with Crippen LogP contribution in [-0.2, 0) is 0 Å². The molecule has 0 aliphatic heterocycles. The van der Waals surface area contributed by atoms with Crippen molar-refractivity contribution in [3.05, 3.63) is 29.3 Å². The van der Waals surface area contributed by atoms with Crippen molar-refractivity contribution >= 4 is 17.3 Å². The van der Waals surface area contributed by atoms with Gasteiger partial charge in [0, 0.05) is 30.3 Å². The van der Waals surface area contributed by atoms with Crippen LogP contribution in [0.15, 0.2) is 24.3 Å². The number of nitrogens with zero attached hydrogens (tertiary/aromatic N) is 1. The van der Waals surface area contributed by atoms with Crippen molar-refractivity contribution in [1.29, 1.82) is 0 Å². The molecule has 0 bridgehead atoms. The zero-order valence-electron chi connectivity index (χ0n) is 8.76. The largest absolute Gasteiger partial charge is 0.371 e. The van der Waals surface area contributed by atoms with Gasteiger partial charge < -0.3 is 10.2 Å². The Balaban J connectivity index is 2.64. The SMILES string of the molecule is CCN(CCNC)c1ccc(Cl)cc1. The lowest BCUT2D eigenvalue weighted by molar-refractivity contribution is 0.737. The molecule has 0 saturated heterocycles. The average molecular weight is 213 g/mol. The molecule has 0 aromatic heterocycles. The van der Waals surface area contributed by atoms with Gasteiger partial charge in [-0.05, 0) is 38.2 Å². The van der Waals surface area contributed by atoms with Crippen LogP contribution in [0.3, 0.4) is 0 Å². The van der Waals surface area contributed by atoms with Crippen LogP contribution in [0, 0.1) is 0 Å². The summed E-state index contributed by atoms with van der Waals surface area (Å²) in [6, 6.07) is 7.97. The first-order chi connectivity index (χ1) is 6.77. The number of anilines is 1. The molecule has 0 fully saturated rings. The first-order valence-electron chi connectivity index (χ1n) is 4.93. The zero-order chi connectivity index (χ0) is 10.4. The summed E-state index contributed by atoms with van der Waals surface area (Å²) in [4.78, 5) is 2.31. The van der Waals surface area contributed by atoms with E-state index in [4.69, 9.17) is 11.6 Å². The minimum Gasteiger partial charge on any atom is -0.371 e. The predicted molar refractivity (Wildman–Crippen MR) is 63.3 cm³/mol. The first kappa shape index (κ1) is 11.3. The van der Waals surface area contributed by atoms with Crippen LogP contribution in [0.1, 0.15) is 6.92 Å². The van der Waals surface area contributed by atoms with Crippen LogP contribution >= 0.6 is 11.6 Å². The van der Waals surface area contributed by atoms with Crippen LogP contribution < -0.4 is 10.2 Å². The number of halogens is 1. The molecule has 78 valence electrons. The van der Waals surface area contributed by atoms with E-state index in [0.717, 1.165) is 24.7 Å². The highest BCUT2D eigenvalue weighted by Crippen LogP contribution is 2.17. The molecule has 0 unspecified atom stereocenters. The molecule has 14 heavy (non-hydrogen) atoms. The summed E-state index contributed by atoms with van der Waals surface area (Å²) in [5, 5.41) is 3.94. The molecule has 0 amide bonds. The molecule has 3 heteroatoms. The van der Waals surface area contributed by atoms with Crippen molar-refractivity contribution < 1.29 is 0 Å². The monoisotopic (exact) mass is 212 g/mol. The number of nitrogens with one attached hydrogen (secondary N) is 1. The molecule has 0 spiro atoms. The minimum absolute atomic E-state index is 0.790. The Bertz CT molecular complexity index is 258. The Morgan fingerprint density at radius 2 is 1.93 bits per heavy atom. The molecule has 1 aromatic rings. The van der Waals surface area contributed by atoms with E-state index in [1.54, 1.807) is 0 Å². The van der Waals surface area contributed by atoms with E-state index in [1.165, 1.54) is 5.69 Å². The molecule has 2 nitrogen and oxygen atoms in total. The second-order valence-electron chi connectivity index (χ2n) is 3.16. The summed E-state index contributed by atoms with van der Waals surface area (Å²) < 4.78 is 0. The van der Waals surface area contributed by atoms with Gasteiger partial charge in [0.25, 0.3) is 0 Å². The van der Waals surface area contributed by atoms with Crippen LogP contribution in [0.5, 0.6) is 0 Å². The molecule has 0 aliphatic carbocycles. The third-order valence-corrected chi connectivity index (χ3v) is 2.46. The number of rotatable bonds is 5. The summed E-state index contributed by atoms with van der Waals surface area (Å²) in [7, 11) is 1.97. The molecular weight excluding hydrogens is 196 g/mol. The van der Waals surface area contributed by atoms with Gasteiger partial charge in [-0.1, -0.05) is 11.6 Å². The van der Waals surface area contributed by atoms with E-state index in [-0.39, 0.29) is 0 Å². The summed E-state index contributed by atoms with van der Waals surface area (Å²) in [6.07, 6.45) is 0. The highest BCUT2D eigenvalue weighted by atomic mass is 35.5. The summed E-state index contributed by atoms with van der Waals surface area (Å²) in [5.74, 6) is 0. The van der Waals surface area contributed by atoms with Gasteiger partial charge in [0.1, 0.15) is 0 Å². The summed E-state index contributed by atoms with van der Waals surface area (Å²) >= 11 is 5.83. The maximum atomic E-state index is 5.83. The predicted octanol–water partition coefficient (Wildman–Crippen LogP) is 2.39. The van der Waals surface area contributed by atoms with Crippen molar-refractivity contribution in [2.75, 3.05) is 31.6 Å². The lowest BCUT2D eigenvalue weighted by Gasteiger charge is -2.22. The Morgan fingerprint density at radius 3 is 2.43 bits per heavy atom. The molecule has 0 saturated carbocycles. The van der Waals surface area contributed by atoms with Crippen molar-refractivity contribution in [1.82, 2.24) is 5.32 Å². The number of hydrogen-bond acceptors (Lipinski definition) is 2. The molecule has 0 heterocycles. The molecule has 1 N–H and O–H groups in total. The highest BCUT2D eigenvalue weighted by molar-refractivity contribution is 6.30. The second-order valence-corrected chi connectivity index (χ2v) is 3.60. The van der Waals surface area contributed by atoms with Crippen molar-refractivity contribution in [2.24, 2.45) is 0 Å². The van der Waals surface area contributed by atoms with Crippen LogP contribution in [0.4, 0.5) is 5.69 Å². The topological polar surface area (TPSA) is 15.3 Å². The third-order valence-electron chi connectivity index (χ3n) is 2.21. The highest BCUT2D eigenvalue weighted by Gasteiger charge is 2.02. The van der Waals surface area contributed by atoms with E-state index in [9.17, 15) is 0 Å². The standard InChI is InChI=1S/C11H17ClN2/c1-3-14(9-8-13-2)11-6-4-10(12)5-7-11/h4-7,13H,3,8-9H2,1-2H3. The fraction of sp³-hybridized carbons (Fsp3) is 0.455. The second kappa shape index (κ2) is 5.89. The van der Waals surface area contributed by atoms with Crippen LogP contribution in [-0.4, -0.2) is 26.7 Å². The summed E-state index contributed by atoms with van der Waals surface area (Å²) in [5.41, 5.74) is 1.23. The van der Waals surface area contributed by atoms with Gasteiger partial charge in [-0.2, -0.15) is 0 Å². The lowest BCUT2D eigenvalue weighted by atomic mass is 10.3. The Hall–Kier alpha value is -0.730. The third kappa shape index (κ3) is 3.20. The number of likely N-dealkylation sites (N-methyl/N-ethyl adjacent to an activating group) is 2. The Kier molecular flexibility index (Phi) is 4.77. The van der Waals surface area contributed by atoms with Gasteiger partial charge in [0.05, 0.1) is 0 Å². The van der Waals surface area contributed by atoms with Crippen molar-refractivity contribution in [3.63, 3.8) is 0 Å². The van der Waals surface area contributed by atoms with Gasteiger partial charge in [0.15, 0.2) is 0 Å². The molecule has 1 rings (SSSR count). The fourth-order valence-corrected chi connectivity index (χ4v) is 1.49. The van der Waals surface area contributed by atoms with Crippen molar-refractivity contribution in [3.8, 4) is 0 Å². The molecule has 0 atom stereocenters. The normalized spacial score (nSPS) is 10.2. The molecule has 1 aromatic carbocycles. The Morgan fingerprint density at radius 1 is 1.29 bits per heavy atom. The summed E-state index contributed by atoms with van der Waals surface area (Å²) in [6.45, 7) is 5.19. The molecular formula is C11H17ClN2. The number of benzene rings is 1. The number of hydrogen-bond donors (Lipinski definition) is 1. The smallest absolute Gasteiger partial charge is 0.0407 e. The van der Waals surface area contributed by atoms with E-state index in [2.05, 4.69) is 29.3 Å². The van der Waals surface area contributed by atoms with E-state index in [0.29, 0.717) is 0 Å². The molecule has 0 radical (unpaired) electrons. The van der Waals surface area contributed by atoms with Gasteiger partial charge in [-0.3, -0.25) is 0 Å². The zero-order valence-corrected chi connectivity index (χ0v) is 9.51. The van der Waals surface area contributed by atoms with E-state index in [1.807, 2.05) is 19.2 Å². The fourth-order valence-electron chi connectivity index (χ4n) is 1.37. The maximum Gasteiger partial charge on any atom is 0.0407 e. The molecule has 0 aliphatic rings. The van der Waals surface area contributed by atoms with Gasteiger partial charge in [-0.25, -0.2) is 0 Å². The van der Waals surface area contributed by atoms with Crippen LogP contribution in [0.25, 0.3) is 0 Å². The quantitative estimate of drug-likeness (QED) is 0.807. The average Bonchev–Trinajstić information content (AvgIpc) is 2.21. The first-order valence-corrected chi connectivity index (χ1v) is 5.31. The minimum atomic E-state index is 0.790. The van der Waals surface area contributed by atoms with Gasteiger partial charge in [0.2, 0.25) is 0 Å². The van der Waals surface area contributed by atoms with Gasteiger partial charge >= 0.3 is 0 Å². The van der Waals surface area contributed by atoms with E-state index >= 15 is 0 Å². The maximum absolute atomic E-state index is 5.83.